The molecule has 1 unspecified atom stereocenters. The van der Waals surface area contributed by atoms with E-state index >= 15 is 0 Å². The lowest BCUT2D eigenvalue weighted by Crippen LogP contribution is -2.30. The first-order valence-electron chi connectivity index (χ1n) is 8.96. The molecule has 0 radical (unpaired) electrons. The first kappa shape index (κ1) is 19.0. The summed E-state index contributed by atoms with van der Waals surface area (Å²) in [5, 5.41) is 6.30. The summed E-state index contributed by atoms with van der Waals surface area (Å²) >= 11 is 1.68. The van der Waals surface area contributed by atoms with Crippen LogP contribution < -0.4 is 5.56 Å². The molecule has 5 nitrogen and oxygen atoms in total. The van der Waals surface area contributed by atoms with Crippen molar-refractivity contribution in [2.75, 3.05) is 7.05 Å². The monoisotopic (exact) mass is 381 g/mol. The van der Waals surface area contributed by atoms with Crippen LogP contribution in [0.3, 0.4) is 0 Å². The first-order chi connectivity index (χ1) is 13.0. The van der Waals surface area contributed by atoms with Crippen LogP contribution in [0.1, 0.15) is 41.0 Å². The van der Waals surface area contributed by atoms with E-state index in [9.17, 15) is 9.59 Å². The Hall–Kier alpha value is -2.73. The summed E-state index contributed by atoms with van der Waals surface area (Å²) in [7, 11) is 3.49. The van der Waals surface area contributed by atoms with Gasteiger partial charge in [0, 0.05) is 36.2 Å². The van der Waals surface area contributed by atoms with Crippen LogP contribution >= 0.6 is 11.3 Å². The van der Waals surface area contributed by atoms with E-state index in [2.05, 4.69) is 18.1 Å². The van der Waals surface area contributed by atoms with Gasteiger partial charge >= 0.3 is 0 Å². The summed E-state index contributed by atoms with van der Waals surface area (Å²) in [6, 6.07) is 14.8. The van der Waals surface area contributed by atoms with Gasteiger partial charge < -0.3 is 4.90 Å². The van der Waals surface area contributed by atoms with Crippen molar-refractivity contribution in [1.82, 2.24) is 14.7 Å². The minimum absolute atomic E-state index is 0.00169. The summed E-state index contributed by atoms with van der Waals surface area (Å²) in [5.41, 5.74) is 2.06. The van der Waals surface area contributed by atoms with Gasteiger partial charge in [-0.3, -0.25) is 9.59 Å². The molecule has 6 heteroatoms. The number of benzene rings is 1. The smallest absolute Gasteiger partial charge is 0.266 e. The lowest BCUT2D eigenvalue weighted by atomic mass is 10.1. The minimum atomic E-state index is -0.150. The zero-order valence-corrected chi connectivity index (χ0v) is 16.6. The second-order valence-corrected chi connectivity index (χ2v) is 7.47. The molecular formula is C21H23N3O2S. The number of carbonyl (C=O) groups excluding carboxylic acids is 1. The molecule has 0 spiro atoms. The molecule has 0 N–H and O–H groups in total. The fourth-order valence-corrected chi connectivity index (χ4v) is 3.97. The zero-order chi connectivity index (χ0) is 19.4. The summed E-state index contributed by atoms with van der Waals surface area (Å²) < 4.78 is 1.30. The van der Waals surface area contributed by atoms with Crippen molar-refractivity contribution in [1.29, 1.82) is 0 Å². The van der Waals surface area contributed by atoms with Gasteiger partial charge in [0.15, 0.2) is 0 Å². The number of hydrogen-bond donors (Lipinski definition) is 0. The number of carbonyl (C=O) groups is 1. The molecule has 140 valence electrons. The van der Waals surface area contributed by atoms with Crippen molar-refractivity contribution < 1.29 is 4.79 Å². The highest BCUT2D eigenvalue weighted by Crippen LogP contribution is 2.29. The maximum atomic E-state index is 13.0. The molecule has 0 bridgehead atoms. The number of rotatable bonds is 6. The highest BCUT2D eigenvalue weighted by molar-refractivity contribution is 7.10. The standard InChI is InChI=1S/C21H23N3O2S/c1-4-6-18(19-7-5-14-27-19)23(2)21(26)16-10-8-15(9-11-16)17-12-13-20(25)24(3)22-17/h5,7-14,18H,4,6H2,1-3H3. The summed E-state index contributed by atoms with van der Waals surface area (Å²) in [4.78, 5) is 27.5. The van der Waals surface area contributed by atoms with Gasteiger partial charge in [0.2, 0.25) is 0 Å². The minimum Gasteiger partial charge on any atom is -0.334 e. The fourth-order valence-electron chi connectivity index (χ4n) is 3.07. The predicted molar refractivity (Wildman–Crippen MR) is 109 cm³/mol. The highest BCUT2D eigenvalue weighted by atomic mass is 32.1. The Bertz CT molecular complexity index is 962. The molecule has 1 aromatic carbocycles. The number of thiophene rings is 1. The lowest BCUT2D eigenvalue weighted by molar-refractivity contribution is 0.0724. The number of nitrogens with zero attached hydrogens (tertiary/aromatic N) is 3. The third-order valence-electron chi connectivity index (χ3n) is 4.61. The molecule has 3 aromatic rings. The van der Waals surface area contributed by atoms with Crippen molar-refractivity contribution in [3.8, 4) is 11.3 Å². The third kappa shape index (κ3) is 4.17. The number of amides is 1. The summed E-state index contributed by atoms with van der Waals surface area (Å²) in [6.45, 7) is 2.13. The van der Waals surface area contributed by atoms with Crippen molar-refractivity contribution >= 4 is 17.2 Å². The quantitative estimate of drug-likeness (QED) is 0.645. The molecule has 27 heavy (non-hydrogen) atoms. The average Bonchev–Trinajstić information content (AvgIpc) is 3.22. The first-order valence-corrected chi connectivity index (χ1v) is 9.84. The van der Waals surface area contributed by atoms with Gasteiger partial charge in [-0.2, -0.15) is 5.10 Å². The molecule has 2 aromatic heterocycles. The van der Waals surface area contributed by atoms with Crippen LogP contribution in [0.2, 0.25) is 0 Å². The van der Waals surface area contributed by atoms with E-state index in [1.165, 1.54) is 15.6 Å². The SMILES string of the molecule is CCCC(c1cccs1)N(C)C(=O)c1ccc(-c2ccc(=O)n(C)n2)cc1. The van der Waals surface area contributed by atoms with Crippen molar-refractivity contribution in [3.05, 3.63) is 74.7 Å². The molecule has 0 saturated heterocycles. The normalized spacial score (nSPS) is 12.0. The molecule has 0 fully saturated rings. The summed E-state index contributed by atoms with van der Waals surface area (Å²) in [6.07, 6.45) is 1.94. The van der Waals surface area contributed by atoms with Crippen LogP contribution in [0.15, 0.2) is 58.7 Å². The summed E-state index contributed by atoms with van der Waals surface area (Å²) in [5.74, 6) is 0.00169. The van der Waals surface area contributed by atoms with Crippen LogP contribution in [0.25, 0.3) is 11.3 Å². The van der Waals surface area contributed by atoms with Gasteiger partial charge in [-0.1, -0.05) is 31.5 Å². The number of hydrogen-bond acceptors (Lipinski definition) is 4. The largest absolute Gasteiger partial charge is 0.334 e. The maximum absolute atomic E-state index is 13.0. The van der Waals surface area contributed by atoms with Gasteiger partial charge in [0.25, 0.3) is 11.5 Å². The lowest BCUT2D eigenvalue weighted by Gasteiger charge is -2.27. The molecule has 0 aliphatic carbocycles. The molecular weight excluding hydrogens is 358 g/mol. The zero-order valence-electron chi connectivity index (χ0n) is 15.8. The topological polar surface area (TPSA) is 55.2 Å². The molecule has 1 amide bonds. The Morgan fingerprint density at radius 1 is 1.19 bits per heavy atom. The van der Waals surface area contributed by atoms with Crippen LogP contribution in [0, 0.1) is 0 Å². The van der Waals surface area contributed by atoms with E-state index in [1.807, 2.05) is 47.7 Å². The highest BCUT2D eigenvalue weighted by Gasteiger charge is 2.22. The third-order valence-corrected chi connectivity index (χ3v) is 5.58. The van der Waals surface area contributed by atoms with E-state index < -0.39 is 0 Å². The Labute approximate surface area is 162 Å². The second kappa shape index (κ2) is 8.31. The molecule has 3 rings (SSSR count). The Kier molecular flexibility index (Phi) is 5.86. The fraction of sp³-hybridized carbons (Fsp3) is 0.286. The number of aryl methyl sites for hydroxylation is 1. The van der Waals surface area contributed by atoms with Gasteiger partial charge in [-0.25, -0.2) is 4.68 Å². The maximum Gasteiger partial charge on any atom is 0.266 e. The van der Waals surface area contributed by atoms with Crippen LogP contribution in [-0.2, 0) is 7.05 Å². The van der Waals surface area contributed by atoms with E-state index in [4.69, 9.17) is 0 Å². The van der Waals surface area contributed by atoms with Gasteiger partial charge in [-0.15, -0.1) is 11.3 Å². The average molecular weight is 382 g/mol. The van der Waals surface area contributed by atoms with Crippen molar-refractivity contribution in [2.24, 2.45) is 7.05 Å². The van der Waals surface area contributed by atoms with E-state index in [0.717, 1.165) is 18.4 Å². The van der Waals surface area contributed by atoms with Crippen molar-refractivity contribution in [2.45, 2.75) is 25.8 Å². The van der Waals surface area contributed by atoms with Gasteiger partial charge in [0.05, 0.1) is 11.7 Å². The Balaban J connectivity index is 1.82. The van der Waals surface area contributed by atoms with E-state index in [-0.39, 0.29) is 17.5 Å². The Morgan fingerprint density at radius 2 is 1.93 bits per heavy atom. The van der Waals surface area contributed by atoms with Crippen LogP contribution in [0.5, 0.6) is 0 Å². The Morgan fingerprint density at radius 3 is 2.52 bits per heavy atom. The molecule has 0 aliphatic rings. The van der Waals surface area contributed by atoms with E-state index in [1.54, 1.807) is 24.5 Å². The molecule has 1 atom stereocenters. The van der Waals surface area contributed by atoms with Crippen molar-refractivity contribution in [3.63, 3.8) is 0 Å². The molecule has 2 heterocycles. The molecule has 0 aliphatic heterocycles. The second-order valence-electron chi connectivity index (χ2n) is 6.49. The van der Waals surface area contributed by atoms with Gasteiger partial charge in [0.1, 0.15) is 0 Å². The molecule has 0 saturated carbocycles. The predicted octanol–water partition coefficient (Wildman–Crippen LogP) is 4.12. The van der Waals surface area contributed by atoms with E-state index in [0.29, 0.717) is 11.3 Å². The number of aromatic nitrogens is 2. The van der Waals surface area contributed by atoms with Gasteiger partial charge in [-0.05, 0) is 36.1 Å². The van der Waals surface area contributed by atoms with Crippen LogP contribution in [-0.4, -0.2) is 27.6 Å². The van der Waals surface area contributed by atoms with Crippen LogP contribution in [0.4, 0.5) is 0 Å².